The molecule has 2 aromatic rings. The Kier molecular flexibility index (Phi) is 6.29. The average Bonchev–Trinajstić information content (AvgIpc) is 2.62. The standard InChI is InChI=1S/C18H20N2O6S/c1-4-19(5-2)27(24,25)16-9-6-14(7-10-16)18(21)26-15-8-11-17(20(22)23)13(3)12-15/h6-12H,4-5H2,1-3H3. The zero-order chi connectivity index (χ0) is 20.2. The number of carbonyl (C=O) groups excluding carboxylic acids is 1. The van der Waals surface area contributed by atoms with Gasteiger partial charge in [0.25, 0.3) is 5.69 Å². The van der Waals surface area contributed by atoms with Crippen LogP contribution in [0, 0.1) is 17.0 Å². The second kappa shape index (κ2) is 8.28. The highest BCUT2D eigenvalue weighted by atomic mass is 32.2. The summed E-state index contributed by atoms with van der Waals surface area (Å²) >= 11 is 0. The third-order valence-electron chi connectivity index (χ3n) is 4.01. The predicted molar refractivity (Wildman–Crippen MR) is 99.3 cm³/mol. The maximum atomic E-state index is 12.4. The molecule has 0 heterocycles. The van der Waals surface area contributed by atoms with Crippen molar-refractivity contribution in [3.05, 3.63) is 63.7 Å². The molecule has 0 aliphatic heterocycles. The van der Waals surface area contributed by atoms with E-state index in [-0.39, 0.29) is 21.9 Å². The van der Waals surface area contributed by atoms with E-state index >= 15 is 0 Å². The van der Waals surface area contributed by atoms with E-state index in [0.29, 0.717) is 18.7 Å². The highest BCUT2D eigenvalue weighted by molar-refractivity contribution is 7.89. The molecule has 0 atom stereocenters. The minimum Gasteiger partial charge on any atom is -0.423 e. The van der Waals surface area contributed by atoms with Crippen LogP contribution in [0.15, 0.2) is 47.4 Å². The van der Waals surface area contributed by atoms with Crippen molar-refractivity contribution in [3.8, 4) is 5.75 Å². The molecule has 0 aliphatic carbocycles. The normalized spacial score (nSPS) is 11.4. The SMILES string of the molecule is CCN(CC)S(=O)(=O)c1ccc(C(=O)Oc2ccc([N+](=O)[O-])c(C)c2)cc1. The molecule has 0 fully saturated rings. The molecule has 8 nitrogen and oxygen atoms in total. The van der Waals surface area contributed by atoms with E-state index in [2.05, 4.69) is 0 Å². The van der Waals surface area contributed by atoms with Crippen molar-refractivity contribution >= 4 is 21.7 Å². The molecular formula is C18H20N2O6S. The van der Waals surface area contributed by atoms with Gasteiger partial charge in [0.15, 0.2) is 0 Å². The Hall–Kier alpha value is -2.78. The predicted octanol–water partition coefficient (Wildman–Crippen LogP) is 3.15. The molecule has 2 aromatic carbocycles. The summed E-state index contributed by atoms with van der Waals surface area (Å²) in [6.45, 7) is 5.74. The van der Waals surface area contributed by atoms with Gasteiger partial charge < -0.3 is 4.74 Å². The number of hydrogen-bond donors (Lipinski definition) is 0. The quantitative estimate of drug-likeness (QED) is 0.310. The number of hydrogen-bond acceptors (Lipinski definition) is 6. The van der Waals surface area contributed by atoms with Gasteiger partial charge in [0.2, 0.25) is 10.0 Å². The second-order valence-electron chi connectivity index (χ2n) is 5.71. The van der Waals surface area contributed by atoms with Crippen molar-refractivity contribution in [2.24, 2.45) is 0 Å². The number of nitro benzene ring substituents is 1. The largest absolute Gasteiger partial charge is 0.423 e. The molecule has 0 aromatic heterocycles. The summed E-state index contributed by atoms with van der Waals surface area (Å²) in [5, 5.41) is 10.8. The van der Waals surface area contributed by atoms with E-state index in [1.165, 1.54) is 46.8 Å². The van der Waals surface area contributed by atoms with Crippen LogP contribution in [0.2, 0.25) is 0 Å². The van der Waals surface area contributed by atoms with Crippen molar-refractivity contribution < 1.29 is 22.9 Å². The fraction of sp³-hybridized carbons (Fsp3) is 0.278. The molecule has 0 N–H and O–H groups in total. The molecule has 27 heavy (non-hydrogen) atoms. The number of esters is 1. The molecule has 9 heteroatoms. The molecule has 0 radical (unpaired) electrons. The van der Waals surface area contributed by atoms with Gasteiger partial charge in [0.05, 0.1) is 15.4 Å². The summed E-state index contributed by atoms with van der Waals surface area (Å²) in [7, 11) is -3.60. The number of nitro groups is 1. The van der Waals surface area contributed by atoms with Gasteiger partial charge in [-0.05, 0) is 43.3 Å². The lowest BCUT2D eigenvalue weighted by Crippen LogP contribution is -2.30. The van der Waals surface area contributed by atoms with Crippen molar-refractivity contribution in [3.63, 3.8) is 0 Å². The van der Waals surface area contributed by atoms with Gasteiger partial charge in [-0.25, -0.2) is 13.2 Å². The fourth-order valence-corrected chi connectivity index (χ4v) is 4.00. The fourth-order valence-electron chi connectivity index (χ4n) is 2.54. The van der Waals surface area contributed by atoms with E-state index in [1.807, 2.05) is 0 Å². The lowest BCUT2D eigenvalue weighted by molar-refractivity contribution is -0.385. The van der Waals surface area contributed by atoms with Crippen molar-refractivity contribution in [2.75, 3.05) is 13.1 Å². The Bertz CT molecular complexity index is 950. The molecule has 0 saturated heterocycles. The summed E-state index contributed by atoms with van der Waals surface area (Å²) in [6.07, 6.45) is 0. The average molecular weight is 392 g/mol. The maximum Gasteiger partial charge on any atom is 0.343 e. The Morgan fingerprint density at radius 3 is 2.19 bits per heavy atom. The van der Waals surface area contributed by atoms with Gasteiger partial charge in [-0.2, -0.15) is 4.31 Å². The molecule has 0 unspecified atom stereocenters. The number of nitrogens with zero attached hydrogens (tertiary/aromatic N) is 2. The molecule has 0 saturated carbocycles. The number of sulfonamides is 1. The highest BCUT2D eigenvalue weighted by Gasteiger charge is 2.22. The first kappa shape index (κ1) is 20.5. The van der Waals surface area contributed by atoms with E-state index in [4.69, 9.17) is 4.74 Å². The lowest BCUT2D eigenvalue weighted by atomic mass is 10.2. The zero-order valence-corrected chi connectivity index (χ0v) is 16.0. The first-order chi connectivity index (χ1) is 12.7. The van der Waals surface area contributed by atoms with Crippen molar-refractivity contribution in [1.29, 1.82) is 0 Å². The van der Waals surface area contributed by atoms with Crippen LogP contribution in [0.5, 0.6) is 5.75 Å². The van der Waals surface area contributed by atoms with Crippen LogP contribution >= 0.6 is 0 Å². The molecule has 0 spiro atoms. The third-order valence-corrected chi connectivity index (χ3v) is 6.07. The number of rotatable bonds is 7. The monoisotopic (exact) mass is 392 g/mol. The lowest BCUT2D eigenvalue weighted by Gasteiger charge is -2.18. The topological polar surface area (TPSA) is 107 Å². The maximum absolute atomic E-state index is 12.4. The van der Waals surface area contributed by atoms with Crippen LogP contribution in [0.1, 0.15) is 29.8 Å². The molecule has 0 aliphatic rings. The number of ether oxygens (including phenoxy) is 1. The zero-order valence-electron chi connectivity index (χ0n) is 15.2. The van der Waals surface area contributed by atoms with Crippen LogP contribution in [-0.4, -0.2) is 36.7 Å². The Labute approximate surface area is 157 Å². The second-order valence-corrected chi connectivity index (χ2v) is 7.65. The number of carbonyl (C=O) groups is 1. The summed E-state index contributed by atoms with van der Waals surface area (Å²) < 4.78 is 31.4. The van der Waals surface area contributed by atoms with Crippen LogP contribution in [0.3, 0.4) is 0 Å². The molecule has 144 valence electrons. The molecule has 0 amide bonds. The molecular weight excluding hydrogens is 372 g/mol. The summed E-state index contributed by atoms with van der Waals surface area (Å²) in [5.74, 6) is -0.516. The Morgan fingerprint density at radius 2 is 1.70 bits per heavy atom. The highest BCUT2D eigenvalue weighted by Crippen LogP contribution is 2.24. The van der Waals surface area contributed by atoms with E-state index in [1.54, 1.807) is 20.8 Å². The van der Waals surface area contributed by atoms with Gasteiger partial charge >= 0.3 is 5.97 Å². The number of benzene rings is 2. The smallest absolute Gasteiger partial charge is 0.343 e. The minimum absolute atomic E-state index is 0.0687. The summed E-state index contributed by atoms with van der Waals surface area (Å²) in [6, 6.07) is 9.44. The van der Waals surface area contributed by atoms with Crippen molar-refractivity contribution in [2.45, 2.75) is 25.7 Å². The van der Waals surface area contributed by atoms with Gasteiger partial charge in [-0.15, -0.1) is 0 Å². The van der Waals surface area contributed by atoms with Gasteiger partial charge in [-0.1, -0.05) is 13.8 Å². The van der Waals surface area contributed by atoms with Gasteiger partial charge in [0, 0.05) is 24.7 Å². The first-order valence-electron chi connectivity index (χ1n) is 8.28. The molecule has 2 rings (SSSR count). The van der Waals surface area contributed by atoms with E-state index in [9.17, 15) is 23.3 Å². The van der Waals surface area contributed by atoms with E-state index < -0.39 is 20.9 Å². The van der Waals surface area contributed by atoms with Gasteiger partial charge in [0.1, 0.15) is 5.75 Å². The third kappa shape index (κ3) is 4.50. The van der Waals surface area contributed by atoms with Crippen LogP contribution in [-0.2, 0) is 10.0 Å². The Balaban J connectivity index is 2.19. The van der Waals surface area contributed by atoms with Crippen LogP contribution < -0.4 is 4.74 Å². The van der Waals surface area contributed by atoms with Gasteiger partial charge in [-0.3, -0.25) is 10.1 Å². The van der Waals surface area contributed by atoms with Crippen LogP contribution in [0.25, 0.3) is 0 Å². The summed E-state index contributed by atoms with van der Waals surface area (Å²) in [5.41, 5.74) is 0.469. The minimum atomic E-state index is -3.60. The van der Waals surface area contributed by atoms with Crippen molar-refractivity contribution in [1.82, 2.24) is 4.31 Å². The summed E-state index contributed by atoms with van der Waals surface area (Å²) in [4.78, 5) is 22.6. The first-order valence-corrected chi connectivity index (χ1v) is 9.72. The van der Waals surface area contributed by atoms with Crippen LogP contribution in [0.4, 0.5) is 5.69 Å². The molecule has 0 bridgehead atoms. The Morgan fingerprint density at radius 1 is 1.11 bits per heavy atom. The van der Waals surface area contributed by atoms with E-state index in [0.717, 1.165) is 0 Å². The number of aryl methyl sites for hydroxylation is 1.